The molecule has 1 saturated carbocycles. The molecule has 0 radical (unpaired) electrons. The fourth-order valence-corrected chi connectivity index (χ4v) is 8.02. The molecule has 3 aliphatic rings. The van der Waals surface area contributed by atoms with Crippen molar-refractivity contribution in [2.75, 3.05) is 50.2 Å². The lowest BCUT2D eigenvalue weighted by Gasteiger charge is -2.29. The zero-order valence-corrected chi connectivity index (χ0v) is 21.3. The molecular weight excluding hydrogens is 489 g/mol. The molecule has 4 atom stereocenters. The fraction of sp³-hybridized carbons (Fsp3) is 0.478. The summed E-state index contributed by atoms with van der Waals surface area (Å²) in [7, 11) is 0.988. The van der Waals surface area contributed by atoms with Crippen molar-refractivity contribution >= 4 is 47.5 Å². The summed E-state index contributed by atoms with van der Waals surface area (Å²) in [5.74, 6) is 0.703. The van der Waals surface area contributed by atoms with E-state index in [1.807, 2.05) is 7.05 Å². The molecule has 0 spiro atoms. The number of halogens is 1. The Balaban J connectivity index is 1.36. The number of nitrogens with zero attached hydrogens (tertiary/aromatic N) is 4. The van der Waals surface area contributed by atoms with Crippen molar-refractivity contribution in [2.45, 2.75) is 12.5 Å². The number of carbonyl (C=O) groups is 1. The summed E-state index contributed by atoms with van der Waals surface area (Å²) >= 11 is 6.38. The Morgan fingerprint density at radius 3 is 2.69 bits per heavy atom. The molecule has 186 valence electrons. The number of primary amides is 1. The van der Waals surface area contributed by atoms with Crippen LogP contribution in [0, 0.1) is 17.8 Å². The van der Waals surface area contributed by atoms with Crippen LogP contribution in [0.3, 0.4) is 0 Å². The van der Waals surface area contributed by atoms with Crippen LogP contribution in [-0.2, 0) is 9.36 Å². The number of fused-ring (bicyclic) bond motifs is 2. The Bertz CT molecular complexity index is 1210. The molecule has 2 bridgehead atoms. The normalized spacial score (nSPS) is 27.1. The van der Waals surface area contributed by atoms with E-state index >= 15 is 0 Å². The number of ether oxygens (including phenoxy) is 1. The Morgan fingerprint density at radius 2 is 1.97 bits per heavy atom. The number of allylic oxidation sites excluding steroid dienone is 1. The zero-order chi connectivity index (χ0) is 24.7. The van der Waals surface area contributed by atoms with Crippen molar-refractivity contribution in [2.24, 2.45) is 23.5 Å². The van der Waals surface area contributed by atoms with Gasteiger partial charge in [0, 0.05) is 31.5 Å². The van der Waals surface area contributed by atoms with Gasteiger partial charge in [-0.15, -0.1) is 0 Å². The quantitative estimate of drug-likeness (QED) is 0.373. The Kier molecular flexibility index (Phi) is 6.46. The SMILES string of the molecule is COc1nc(P2(=O)CCN(C)CC2)ccc1Nc1ncc(Cl)c(N[C@H]2C3C=CC(C3)[C@H]2C(N)=O)n1. The Morgan fingerprint density at radius 1 is 1.23 bits per heavy atom. The minimum atomic E-state index is -2.56. The van der Waals surface area contributed by atoms with Gasteiger partial charge in [0.05, 0.1) is 19.2 Å². The molecule has 5 rings (SSSR count). The molecule has 1 amide bonds. The highest BCUT2D eigenvalue weighted by Crippen LogP contribution is 2.47. The third-order valence-corrected chi connectivity index (χ3v) is 10.4. The number of hydrogen-bond acceptors (Lipinski definition) is 9. The predicted molar refractivity (Wildman–Crippen MR) is 136 cm³/mol. The van der Waals surface area contributed by atoms with Crippen molar-refractivity contribution in [3.05, 3.63) is 35.5 Å². The Labute approximate surface area is 209 Å². The van der Waals surface area contributed by atoms with Crippen molar-refractivity contribution in [3.8, 4) is 5.88 Å². The fourth-order valence-electron chi connectivity index (χ4n) is 5.24. The molecule has 1 saturated heterocycles. The Hall–Kier alpha value is -2.68. The van der Waals surface area contributed by atoms with E-state index in [-0.39, 0.29) is 35.7 Å². The van der Waals surface area contributed by atoms with E-state index in [4.69, 9.17) is 22.1 Å². The average Bonchev–Trinajstić information content (AvgIpc) is 3.45. The van der Waals surface area contributed by atoms with Gasteiger partial charge in [-0.05, 0) is 37.4 Å². The lowest BCUT2D eigenvalue weighted by molar-refractivity contribution is -0.122. The molecule has 2 fully saturated rings. The number of carbonyl (C=O) groups excluding carboxylic acids is 1. The van der Waals surface area contributed by atoms with E-state index in [0.29, 0.717) is 40.2 Å². The van der Waals surface area contributed by atoms with Crippen LogP contribution in [0.15, 0.2) is 30.5 Å². The molecule has 2 aliphatic carbocycles. The number of nitrogens with one attached hydrogen (secondary N) is 2. The van der Waals surface area contributed by atoms with E-state index in [9.17, 15) is 9.36 Å². The molecule has 4 N–H and O–H groups in total. The molecule has 1 aliphatic heterocycles. The highest BCUT2D eigenvalue weighted by molar-refractivity contribution is 7.71. The highest BCUT2D eigenvalue weighted by Gasteiger charge is 2.47. The van der Waals surface area contributed by atoms with Crippen molar-refractivity contribution < 1.29 is 14.1 Å². The van der Waals surface area contributed by atoms with Crippen LogP contribution in [0.5, 0.6) is 5.88 Å². The summed E-state index contributed by atoms with van der Waals surface area (Å²) in [6, 6.07) is 3.39. The molecule has 10 nitrogen and oxygen atoms in total. The van der Waals surface area contributed by atoms with Gasteiger partial charge in [0.2, 0.25) is 17.7 Å². The molecule has 0 aromatic carbocycles. The average molecular weight is 518 g/mol. The summed E-state index contributed by atoms with van der Waals surface area (Å²) in [4.78, 5) is 27.6. The number of rotatable bonds is 7. The van der Waals surface area contributed by atoms with Gasteiger partial charge in [-0.25, -0.2) is 9.97 Å². The van der Waals surface area contributed by atoms with Gasteiger partial charge in [-0.2, -0.15) is 4.98 Å². The van der Waals surface area contributed by atoms with Crippen molar-refractivity contribution in [3.63, 3.8) is 0 Å². The lowest BCUT2D eigenvalue weighted by Crippen LogP contribution is -2.41. The van der Waals surface area contributed by atoms with Crippen molar-refractivity contribution in [1.29, 1.82) is 0 Å². The van der Waals surface area contributed by atoms with E-state index in [1.165, 1.54) is 13.3 Å². The van der Waals surface area contributed by atoms with Gasteiger partial charge < -0.3 is 30.6 Å². The van der Waals surface area contributed by atoms with E-state index in [1.54, 1.807) is 12.1 Å². The maximum atomic E-state index is 13.4. The number of aromatic nitrogens is 3. The van der Waals surface area contributed by atoms with Crippen molar-refractivity contribution in [1.82, 2.24) is 19.9 Å². The molecule has 2 unspecified atom stereocenters. The second kappa shape index (κ2) is 9.41. The predicted octanol–water partition coefficient (Wildman–Crippen LogP) is 2.30. The standard InChI is InChI=1S/C23H29ClN7O3P/c1-31-7-9-35(33,10-8-31)17-6-5-16(22(28-17)34-2)27-23-26-12-15(24)21(30-23)29-19-14-4-3-13(11-14)18(19)20(25)32/h3-6,12-14,18-19H,7-11H2,1-2H3,(H2,25,32)(H2,26,27,29,30)/t13?,14?,18-,19+/m1/s1. The zero-order valence-electron chi connectivity index (χ0n) is 19.6. The minimum Gasteiger partial charge on any atom is -0.479 e. The van der Waals surface area contributed by atoms with Gasteiger partial charge >= 0.3 is 0 Å². The lowest BCUT2D eigenvalue weighted by atomic mass is 9.88. The third kappa shape index (κ3) is 4.62. The second-order valence-corrected chi connectivity index (χ2v) is 13.0. The topological polar surface area (TPSA) is 135 Å². The number of hydrogen-bond donors (Lipinski definition) is 3. The van der Waals surface area contributed by atoms with E-state index in [2.05, 4.69) is 42.6 Å². The monoisotopic (exact) mass is 517 g/mol. The second-order valence-electron chi connectivity index (χ2n) is 9.43. The summed E-state index contributed by atoms with van der Waals surface area (Å²) in [5, 5.41) is 6.79. The van der Waals surface area contributed by atoms with Gasteiger partial charge in [0.15, 0.2) is 5.82 Å². The van der Waals surface area contributed by atoms with Crippen LogP contribution < -0.4 is 26.5 Å². The maximum absolute atomic E-state index is 13.4. The first-order valence-electron chi connectivity index (χ1n) is 11.6. The number of anilines is 3. The third-order valence-electron chi connectivity index (χ3n) is 7.22. The molecule has 12 heteroatoms. The van der Waals surface area contributed by atoms with Gasteiger partial charge in [0.25, 0.3) is 0 Å². The number of pyridine rings is 1. The minimum absolute atomic E-state index is 0.138. The summed E-state index contributed by atoms with van der Waals surface area (Å²) in [5.41, 5.74) is 6.80. The maximum Gasteiger partial charge on any atom is 0.238 e. The van der Waals surface area contributed by atoms with Gasteiger partial charge in [-0.3, -0.25) is 4.79 Å². The first kappa shape index (κ1) is 24.0. The first-order chi connectivity index (χ1) is 16.8. The van der Waals surface area contributed by atoms with Crippen LogP contribution in [0.4, 0.5) is 17.5 Å². The summed E-state index contributed by atoms with van der Waals surface area (Å²) in [6.45, 7) is 1.56. The smallest absolute Gasteiger partial charge is 0.238 e. The molecule has 2 aromatic heterocycles. The molecular formula is C23H29ClN7O3P. The largest absolute Gasteiger partial charge is 0.479 e. The van der Waals surface area contributed by atoms with Gasteiger partial charge in [0.1, 0.15) is 23.3 Å². The van der Waals surface area contributed by atoms with E-state index < -0.39 is 7.14 Å². The van der Waals surface area contributed by atoms with Crippen LogP contribution >= 0.6 is 18.7 Å². The first-order valence-corrected chi connectivity index (χ1v) is 14.1. The number of methoxy groups -OCH3 is 1. The summed E-state index contributed by atoms with van der Waals surface area (Å²) < 4.78 is 18.9. The number of amides is 1. The number of nitrogens with two attached hydrogens (primary N) is 1. The van der Waals surface area contributed by atoms with E-state index in [0.717, 1.165) is 19.5 Å². The van der Waals surface area contributed by atoms with Crippen LogP contribution in [0.1, 0.15) is 6.42 Å². The highest BCUT2D eigenvalue weighted by atomic mass is 35.5. The molecule has 3 heterocycles. The molecule has 2 aromatic rings. The van der Waals surface area contributed by atoms with Crippen LogP contribution in [-0.4, -0.2) is 71.4 Å². The summed E-state index contributed by atoms with van der Waals surface area (Å²) in [6.07, 6.45) is 7.76. The van der Waals surface area contributed by atoms with Crippen LogP contribution in [0.2, 0.25) is 5.02 Å². The molecule has 35 heavy (non-hydrogen) atoms. The van der Waals surface area contributed by atoms with Crippen LogP contribution in [0.25, 0.3) is 0 Å². The van der Waals surface area contributed by atoms with Gasteiger partial charge in [-0.1, -0.05) is 23.8 Å².